The standard InChI is InChI=1S/C21H27NO2/c1-15(2)10-11-24-20-9-7-18(13-21(20)23-5)14-22-19-8-6-16(3)12-17(19)4/h6-9,12-15H,10-11H2,1-5H3. The molecule has 24 heavy (non-hydrogen) atoms. The number of hydrogen-bond donors (Lipinski definition) is 0. The summed E-state index contributed by atoms with van der Waals surface area (Å²) in [7, 11) is 1.66. The lowest BCUT2D eigenvalue weighted by atomic mass is 10.1. The highest BCUT2D eigenvalue weighted by molar-refractivity contribution is 5.83. The second-order valence-electron chi connectivity index (χ2n) is 6.49. The Morgan fingerprint density at radius 2 is 1.83 bits per heavy atom. The minimum absolute atomic E-state index is 0.625. The third kappa shape index (κ3) is 5.12. The topological polar surface area (TPSA) is 30.8 Å². The monoisotopic (exact) mass is 325 g/mol. The molecule has 2 rings (SSSR count). The maximum Gasteiger partial charge on any atom is 0.161 e. The van der Waals surface area contributed by atoms with Crippen LogP contribution in [0.2, 0.25) is 0 Å². The first kappa shape index (κ1) is 18.1. The Kier molecular flexibility index (Phi) is 6.42. The van der Waals surface area contributed by atoms with Gasteiger partial charge in [-0.2, -0.15) is 0 Å². The third-order valence-electron chi connectivity index (χ3n) is 3.85. The van der Waals surface area contributed by atoms with Gasteiger partial charge in [0.25, 0.3) is 0 Å². The molecule has 0 atom stereocenters. The molecule has 0 heterocycles. The van der Waals surface area contributed by atoms with Gasteiger partial charge in [0, 0.05) is 6.21 Å². The van der Waals surface area contributed by atoms with Gasteiger partial charge in [-0.25, -0.2) is 0 Å². The van der Waals surface area contributed by atoms with Crippen LogP contribution in [0, 0.1) is 19.8 Å². The van der Waals surface area contributed by atoms with Gasteiger partial charge in [-0.3, -0.25) is 4.99 Å². The van der Waals surface area contributed by atoms with Crippen LogP contribution in [-0.4, -0.2) is 19.9 Å². The first-order chi connectivity index (χ1) is 11.5. The highest BCUT2D eigenvalue weighted by atomic mass is 16.5. The van der Waals surface area contributed by atoms with Gasteiger partial charge >= 0.3 is 0 Å². The van der Waals surface area contributed by atoms with Gasteiger partial charge in [0.1, 0.15) is 0 Å². The van der Waals surface area contributed by atoms with E-state index in [-0.39, 0.29) is 0 Å². The zero-order chi connectivity index (χ0) is 17.5. The van der Waals surface area contributed by atoms with Crippen LogP contribution in [0.1, 0.15) is 37.0 Å². The normalized spacial score (nSPS) is 11.2. The van der Waals surface area contributed by atoms with E-state index in [2.05, 4.69) is 44.8 Å². The van der Waals surface area contributed by atoms with E-state index >= 15 is 0 Å². The van der Waals surface area contributed by atoms with E-state index in [0.29, 0.717) is 12.5 Å². The van der Waals surface area contributed by atoms with Crippen molar-refractivity contribution in [3.8, 4) is 11.5 Å². The Morgan fingerprint density at radius 3 is 2.50 bits per heavy atom. The summed E-state index contributed by atoms with van der Waals surface area (Å²) in [5, 5.41) is 0. The van der Waals surface area contributed by atoms with E-state index in [0.717, 1.165) is 29.2 Å². The van der Waals surface area contributed by atoms with E-state index in [1.165, 1.54) is 11.1 Å². The molecule has 0 saturated carbocycles. The van der Waals surface area contributed by atoms with Crippen molar-refractivity contribution in [2.24, 2.45) is 10.9 Å². The smallest absolute Gasteiger partial charge is 0.161 e. The molecule has 0 radical (unpaired) electrons. The van der Waals surface area contributed by atoms with Gasteiger partial charge in [0.05, 0.1) is 19.4 Å². The maximum absolute atomic E-state index is 5.82. The Balaban J connectivity index is 2.12. The summed E-state index contributed by atoms with van der Waals surface area (Å²) in [6, 6.07) is 12.2. The summed E-state index contributed by atoms with van der Waals surface area (Å²) in [4.78, 5) is 4.59. The summed E-state index contributed by atoms with van der Waals surface area (Å²) < 4.78 is 11.3. The Labute approximate surface area is 145 Å². The number of rotatable bonds is 7. The van der Waals surface area contributed by atoms with Crippen molar-refractivity contribution in [2.45, 2.75) is 34.1 Å². The van der Waals surface area contributed by atoms with Crippen molar-refractivity contribution >= 4 is 11.9 Å². The third-order valence-corrected chi connectivity index (χ3v) is 3.85. The fraction of sp³-hybridized carbons (Fsp3) is 0.381. The lowest BCUT2D eigenvalue weighted by molar-refractivity contribution is 0.273. The molecule has 128 valence electrons. The molecule has 0 aliphatic carbocycles. The van der Waals surface area contributed by atoms with Crippen LogP contribution in [0.4, 0.5) is 5.69 Å². The van der Waals surface area contributed by atoms with Crippen LogP contribution in [0.25, 0.3) is 0 Å². The second-order valence-corrected chi connectivity index (χ2v) is 6.49. The molecule has 3 heteroatoms. The van der Waals surface area contributed by atoms with E-state index in [1.54, 1.807) is 7.11 Å². The molecule has 0 aliphatic rings. The minimum Gasteiger partial charge on any atom is -0.493 e. The van der Waals surface area contributed by atoms with Crippen molar-refractivity contribution < 1.29 is 9.47 Å². The lowest BCUT2D eigenvalue weighted by Gasteiger charge is -2.12. The molecule has 0 aliphatic heterocycles. The van der Waals surface area contributed by atoms with Crippen molar-refractivity contribution in [2.75, 3.05) is 13.7 Å². The van der Waals surface area contributed by atoms with Crippen LogP contribution >= 0.6 is 0 Å². The molecule has 0 amide bonds. The molecule has 0 aromatic heterocycles. The first-order valence-electron chi connectivity index (χ1n) is 8.41. The quantitative estimate of drug-likeness (QED) is 0.630. The van der Waals surface area contributed by atoms with E-state index in [4.69, 9.17) is 9.47 Å². The van der Waals surface area contributed by atoms with Crippen molar-refractivity contribution in [1.29, 1.82) is 0 Å². The van der Waals surface area contributed by atoms with Crippen molar-refractivity contribution in [1.82, 2.24) is 0 Å². The minimum atomic E-state index is 0.625. The second kappa shape index (κ2) is 8.53. The molecule has 0 unspecified atom stereocenters. The van der Waals surface area contributed by atoms with E-state index in [1.807, 2.05) is 30.5 Å². The fourth-order valence-corrected chi connectivity index (χ4v) is 2.38. The molecule has 3 nitrogen and oxygen atoms in total. The zero-order valence-corrected chi connectivity index (χ0v) is 15.3. The molecular formula is C21H27NO2. The van der Waals surface area contributed by atoms with Gasteiger partial charge in [0.15, 0.2) is 11.5 Å². The van der Waals surface area contributed by atoms with Gasteiger partial charge in [0.2, 0.25) is 0 Å². The lowest BCUT2D eigenvalue weighted by Crippen LogP contribution is -2.03. The van der Waals surface area contributed by atoms with Crippen LogP contribution in [0.3, 0.4) is 0 Å². The fourth-order valence-electron chi connectivity index (χ4n) is 2.38. The van der Waals surface area contributed by atoms with Crippen molar-refractivity contribution in [3.05, 3.63) is 53.1 Å². The number of hydrogen-bond acceptors (Lipinski definition) is 3. The molecule has 0 spiro atoms. The number of methoxy groups -OCH3 is 1. The average Bonchev–Trinajstić information content (AvgIpc) is 2.54. The summed E-state index contributed by atoms with van der Waals surface area (Å²) in [5.41, 5.74) is 4.39. The predicted octanol–water partition coefficient (Wildman–Crippen LogP) is 5.49. The molecule has 0 N–H and O–H groups in total. The highest BCUT2D eigenvalue weighted by Gasteiger charge is 2.06. The van der Waals surface area contributed by atoms with Gasteiger partial charge in [-0.15, -0.1) is 0 Å². The molecule has 0 saturated heterocycles. The number of aryl methyl sites for hydroxylation is 2. The molecule has 0 bridgehead atoms. The van der Waals surface area contributed by atoms with Gasteiger partial charge < -0.3 is 9.47 Å². The Morgan fingerprint density at radius 1 is 1.04 bits per heavy atom. The highest BCUT2D eigenvalue weighted by Crippen LogP contribution is 2.28. The molecule has 2 aromatic carbocycles. The van der Waals surface area contributed by atoms with Crippen LogP contribution in [-0.2, 0) is 0 Å². The van der Waals surface area contributed by atoms with Gasteiger partial charge in [-0.05, 0) is 61.6 Å². The van der Waals surface area contributed by atoms with E-state index < -0.39 is 0 Å². The summed E-state index contributed by atoms with van der Waals surface area (Å²) in [6.45, 7) is 9.24. The summed E-state index contributed by atoms with van der Waals surface area (Å²) in [6.07, 6.45) is 2.89. The summed E-state index contributed by atoms with van der Waals surface area (Å²) in [5.74, 6) is 2.14. The first-order valence-corrected chi connectivity index (χ1v) is 8.41. The Hall–Kier alpha value is -2.29. The number of ether oxygens (including phenoxy) is 2. The average molecular weight is 325 g/mol. The number of benzene rings is 2. The molecule has 0 fully saturated rings. The number of nitrogens with zero attached hydrogens (tertiary/aromatic N) is 1. The molecular weight excluding hydrogens is 298 g/mol. The summed E-state index contributed by atoms with van der Waals surface area (Å²) >= 11 is 0. The van der Waals surface area contributed by atoms with Crippen LogP contribution in [0.5, 0.6) is 11.5 Å². The zero-order valence-electron chi connectivity index (χ0n) is 15.3. The maximum atomic E-state index is 5.82. The predicted molar refractivity (Wildman–Crippen MR) is 101 cm³/mol. The van der Waals surface area contributed by atoms with Crippen LogP contribution in [0.15, 0.2) is 41.4 Å². The SMILES string of the molecule is COc1cc(C=Nc2ccc(C)cc2C)ccc1OCCC(C)C. The van der Waals surface area contributed by atoms with E-state index in [9.17, 15) is 0 Å². The molecule has 2 aromatic rings. The Bertz CT molecular complexity index is 705. The van der Waals surface area contributed by atoms with Gasteiger partial charge in [-0.1, -0.05) is 31.5 Å². The number of aliphatic imine (C=N–C) groups is 1. The largest absolute Gasteiger partial charge is 0.493 e. The van der Waals surface area contributed by atoms with Crippen LogP contribution < -0.4 is 9.47 Å². The van der Waals surface area contributed by atoms with Crippen molar-refractivity contribution in [3.63, 3.8) is 0 Å².